The van der Waals surface area contributed by atoms with Crippen molar-refractivity contribution in [3.05, 3.63) is 71.3 Å². The second kappa shape index (κ2) is 10.1. The van der Waals surface area contributed by atoms with Gasteiger partial charge in [-0.25, -0.2) is 0 Å². The number of rotatable bonds is 8. The first kappa shape index (κ1) is 20.2. The molecule has 0 aliphatic carbocycles. The van der Waals surface area contributed by atoms with Crippen LogP contribution in [-0.4, -0.2) is 29.3 Å². The first-order valence-corrected chi connectivity index (χ1v) is 9.16. The summed E-state index contributed by atoms with van der Waals surface area (Å²) in [6.45, 7) is 5.01. The molecule has 0 radical (unpaired) electrons. The zero-order valence-electron chi connectivity index (χ0n) is 15.8. The summed E-state index contributed by atoms with van der Waals surface area (Å²) in [5, 5.41) is 11.8. The van der Waals surface area contributed by atoms with Gasteiger partial charge < -0.3 is 10.2 Å². The number of carbonyl (C=O) groups is 2. The molecule has 0 aromatic heterocycles. The maximum atomic E-state index is 12.7. The molecular weight excluding hydrogens is 338 g/mol. The number of benzene rings is 2. The molecule has 2 rings (SSSR count). The molecule has 2 amide bonds. The second-order valence-electron chi connectivity index (χ2n) is 6.57. The summed E-state index contributed by atoms with van der Waals surface area (Å²) in [4.78, 5) is 26.7. The van der Waals surface area contributed by atoms with Gasteiger partial charge >= 0.3 is 0 Å². The van der Waals surface area contributed by atoms with E-state index in [-0.39, 0.29) is 24.3 Å². The van der Waals surface area contributed by atoms with Gasteiger partial charge in [-0.1, -0.05) is 37.3 Å². The van der Waals surface area contributed by atoms with Crippen LogP contribution >= 0.6 is 0 Å². The van der Waals surface area contributed by atoms with E-state index in [0.717, 1.165) is 12.0 Å². The third-order valence-corrected chi connectivity index (χ3v) is 4.20. The van der Waals surface area contributed by atoms with Crippen molar-refractivity contribution in [1.82, 2.24) is 10.2 Å². The highest BCUT2D eigenvalue weighted by Gasteiger charge is 2.18. The Morgan fingerprint density at radius 3 is 2.37 bits per heavy atom. The van der Waals surface area contributed by atoms with Crippen molar-refractivity contribution >= 4 is 11.8 Å². The van der Waals surface area contributed by atoms with Crippen LogP contribution in [0.3, 0.4) is 0 Å². The molecule has 0 bridgehead atoms. The molecule has 0 heterocycles. The Labute approximate surface area is 160 Å². The van der Waals surface area contributed by atoms with Crippen molar-refractivity contribution in [3.63, 3.8) is 0 Å². The number of amides is 2. The van der Waals surface area contributed by atoms with Crippen LogP contribution in [0.1, 0.15) is 48.2 Å². The minimum Gasteiger partial charge on any atom is -0.349 e. The Kier molecular flexibility index (Phi) is 7.57. The van der Waals surface area contributed by atoms with Crippen LogP contribution in [0.15, 0.2) is 54.6 Å². The molecule has 140 valence electrons. The number of nitriles is 1. The Morgan fingerprint density at radius 2 is 1.78 bits per heavy atom. The number of nitrogens with zero attached hydrogens (tertiary/aromatic N) is 2. The lowest BCUT2D eigenvalue weighted by Gasteiger charge is -2.24. The van der Waals surface area contributed by atoms with Crippen LogP contribution in [0.2, 0.25) is 0 Å². The maximum Gasteiger partial charge on any atom is 0.251 e. The average Bonchev–Trinajstić information content (AvgIpc) is 2.68. The van der Waals surface area contributed by atoms with Crippen LogP contribution in [-0.2, 0) is 11.3 Å². The predicted octanol–water partition coefficient (Wildman–Crippen LogP) is 3.51. The van der Waals surface area contributed by atoms with E-state index in [1.807, 2.05) is 44.2 Å². The van der Waals surface area contributed by atoms with Crippen LogP contribution in [0.4, 0.5) is 0 Å². The summed E-state index contributed by atoms with van der Waals surface area (Å²) < 4.78 is 0. The third-order valence-electron chi connectivity index (χ3n) is 4.20. The van der Waals surface area contributed by atoms with E-state index in [0.29, 0.717) is 24.2 Å². The molecular formula is C22H25N3O2. The van der Waals surface area contributed by atoms with E-state index < -0.39 is 0 Å². The molecule has 27 heavy (non-hydrogen) atoms. The van der Waals surface area contributed by atoms with Gasteiger partial charge in [0.2, 0.25) is 5.91 Å². The van der Waals surface area contributed by atoms with Crippen molar-refractivity contribution in [3.8, 4) is 6.07 Å². The fraction of sp³-hybridized carbons (Fsp3) is 0.318. The lowest BCUT2D eigenvalue weighted by Crippen LogP contribution is -2.39. The lowest BCUT2D eigenvalue weighted by molar-refractivity contribution is -0.132. The Bertz CT molecular complexity index is 795. The molecule has 1 unspecified atom stereocenters. The molecule has 0 saturated heterocycles. The molecule has 0 saturated carbocycles. The summed E-state index contributed by atoms with van der Waals surface area (Å²) in [5.41, 5.74) is 2.17. The summed E-state index contributed by atoms with van der Waals surface area (Å²) in [5.74, 6) is -0.174. The maximum absolute atomic E-state index is 12.7. The number of hydrogen-bond acceptors (Lipinski definition) is 3. The van der Waals surface area contributed by atoms with E-state index in [2.05, 4.69) is 11.4 Å². The fourth-order valence-electron chi connectivity index (χ4n) is 2.81. The van der Waals surface area contributed by atoms with Gasteiger partial charge in [-0.15, -0.1) is 0 Å². The monoisotopic (exact) mass is 363 g/mol. The topological polar surface area (TPSA) is 73.2 Å². The van der Waals surface area contributed by atoms with Gasteiger partial charge in [0.15, 0.2) is 0 Å². The van der Waals surface area contributed by atoms with Crippen molar-refractivity contribution in [2.75, 3.05) is 6.54 Å². The number of hydrogen-bond donors (Lipinski definition) is 1. The summed E-state index contributed by atoms with van der Waals surface area (Å²) >= 11 is 0. The molecule has 0 fully saturated rings. The van der Waals surface area contributed by atoms with E-state index in [4.69, 9.17) is 5.26 Å². The molecule has 0 aliphatic rings. The van der Waals surface area contributed by atoms with Crippen molar-refractivity contribution < 1.29 is 9.59 Å². The molecule has 5 nitrogen and oxygen atoms in total. The van der Waals surface area contributed by atoms with Crippen LogP contribution in [0, 0.1) is 11.3 Å². The van der Waals surface area contributed by atoms with E-state index in [1.165, 1.54) is 0 Å². The Morgan fingerprint density at radius 1 is 1.11 bits per heavy atom. The molecule has 1 N–H and O–H groups in total. The van der Waals surface area contributed by atoms with Crippen molar-refractivity contribution in [2.45, 2.75) is 39.3 Å². The molecule has 5 heteroatoms. The van der Waals surface area contributed by atoms with E-state index in [1.54, 1.807) is 29.2 Å². The highest BCUT2D eigenvalue weighted by atomic mass is 16.2. The van der Waals surface area contributed by atoms with Gasteiger partial charge in [-0.05, 0) is 43.2 Å². The Balaban J connectivity index is 1.94. The zero-order valence-corrected chi connectivity index (χ0v) is 15.8. The van der Waals surface area contributed by atoms with Crippen LogP contribution in [0.5, 0.6) is 0 Å². The largest absolute Gasteiger partial charge is 0.349 e. The standard InChI is InChI=1S/C22H25N3O2/c1-3-13-25(16-19-11-9-18(15-23)10-12-19)21(26)14-17(2)24-22(27)20-7-5-4-6-8-20/h4-12,17H,3,13-14,16H2,1-2H3,(H,24,27). The first-order valence-electron chi connectivity index (χ1n) is 9.16. The summed E-state index contributed by atoms with van der Waals surface area (Å²) in [6, 6.07) is 18.1. The zero-order chi connectivity index (χ0) is 19.6. The smallest absolute Gasteiger partial charge is 0.251 e. The van der Waals surface area contributed by atoms with Crippen LogP contribution in [0.25, 0.3) is 0 Å². The minimum absolute atomic E-state index is 0.00192. The first-order chi connectivity index (χ1) is 13.0. The van der Waals surface area contributed by atoms with Crippen molar-refractivity contribution in [2.24, 2.45) is 0 Å². The molecule has 2 aromatic carbocycles. The highest BCUT2D eigenvalue weighted by molar-refractivity contribution is 5.94. The van der Waals surface area contributed by atoms with Gasteiger partial charge in [0.1, 0.15) is 0 Å². The average molecular weight is 363 g/mol. The van der Waals surface area contributed by atoms with Gasteiger partial charge in [-0.3, -0.25) is 9.59 Å². The predicted molar refractivity (Wildman–Crippen MR) is 105 cm³/mol. The molecule has 2 aromatic rings. The summed E-state index contributed by atoms with van der Waals surface area (Å²) in [7, 11) is 0. The normalized spacial score (nSPS) is 11.3. The van der Waals surface area contributed by atoms with Gasteiger partial charge in [0.05, 0.1) is 11.6 Å². The number of nitrogens with one attached hydrogen (secondary N) is 1. The number of carbonyl (C=O) groups excluding carboxylic acids is 2. The second-order valence-corrected chi connectivity index (χ2v) is 6.57. The van der Waals surface area contributed by atoms with Gasteiger partial charge in [-0.2, -0.15) is 5.26 Å². The van der Waals surface area contributed by atoms with Crippen LogP contribution < -0.4 is 5.32 Å². The molecule has 0 aliphatic heterocycles. The SMILES string of the molecule is CCCN(Cc1ccc(C#N)cc1)C(=O)CC(C)NC(=O)c1ccccc1. The fourth-order valence-corrected chi connectivity index (χ4v) is 2.81. The molecule has 1 atom stereocenters. The van der Waals surface area contributed by atoms with E-state index >= 15 is 0 Å². The summed E-state index contributed by atoms with van der Waals surface area (Å²) in [6.07, 6.45) is 1.10. The minimum atomic E-state index is -0.259. The van der Waals surface area contributed by atoms with Crippen molar-refractivity contribution in [1.29, 1.82) is 5.26 Å². The quantitative estimate of drug-likeness (QED) is 0.780. The lowest BCUT2D eigenvalue weighted by atomic mass is 10.1. The molecule has 0 spiro atoms. The highest BCUT2D eigenvalue weighted by Crippen LogP contribution is 2.10. The Hall–Kier alpha value is -3.13. The van der Waals surface area contributed by atoms with E-state index in [9.17, 15) is 9.59 Å². The van der Waals surface area contributed by atoms with Gasteiger partial charge in [0.25, 0.3) is 5.91 Å². The van der Waals surface area contributed by atoms with Gasteiger partial charge in [0, 0.05) is 31.1 Å². The third kappa shape index (κ3) is 6.27.